The Morgan fingerprint density at radius 1 is 1.11 bits per heavy atom. The van der Waals surface area contributed by atoms with Gasteiger partial charge in [-0.15, -0.1) is 0 Å². The minimum absolute atomic E-state index is 0.0497. The number of Topliss-reactive ketones (excluding diaryl/α,β-unsaturated/α-hetero) is 1. The Bertz CT molecular complexity index is 1180. The Labute approximate surface area is 224 Å². The molecule has 0 bridgehead atoms. The van der Waals surface area contributed by atoms with Crippen LogP contribution in [0, 0.1) is 5.92 Å². The average molecular weight is 594 g/mol. The summed E-state index contributed by atoms with van der Waals surface area (Å²) in [6.07, 6.45) is 8.12. The van der Waals surface area contributed by atoms with Crippen LogP contribution in [0.1, 0.15) is 67.5 Å². The number of rotatable bonds is 8. The van der Waals surface area contributed by atoms with E-state index in [0.29, 0.717) is 29.6 Å². The fourth-order valence-electron chi connectivity index (χ4n) is 5.12. The van der Waals surface area contributed by atoms with Crippen LogP contribution in [0.15, 0.2) is 46.5 Å². The molecule has 1 saturated carbocycles. The Morgan fingerprint density at radius 2 is 1.89 bits per heavy atom. The van der Waals surface area contributed by atoms with Crippen LogP contribution in [0.2, 0.25) is 0 Å². The molecule has 11 heteroatoms. The van der Waals surface area contributed by atoms with E-state index in [2.05, 4.69) is 15.6 Å². The van der Waals surface area contributed by atoms with Crippen LogP contribution >= 0.6 is 0 Å². The zero-order valence-corrected chi connectivity index (χ0v) is 23.5. The summed E-state index contributed by atoms with van der Waals surface area (Å²) in [5.74, 6) is -0.653. The number of ketones is 1. The number of amides is 2. The Morgan fingerprint density at radius 3 is 2.57 bits per heavy atom. The van der Waals surface area contributed by atoms with E-state index < -0.39 is 28.1 Å². The van der Waals surface area contributed by atoms with Crippen LogP contribution in [0.25, 0.3) is 0 Å². The van der Waals surface area contributed by atoms with Gasteiger partial charge in [-0.25, -0.2) is 4.98 Å². The smallest absolute Gasteiger partial charge is 0.243 e. The maximum absolute atomic E-state index is 13.4. The van der Waals surface area contributed by atoms with Crippen molar-refractivity contribution in [2.45, 2.75) is 81.4 Å². The van der Waals surface area contributed by atoms with Crippen LogP contribution in [0.5, 0.6) is 0 Å². The molecule has 2 aliphatic rings. The van der Waals surface area contributed by atoms with Gasteiger partial charge in [0.2, 0.25) is 0 Å². The number of aromatic nitrogens is 1. The molecule has 2 N–H and O–H groups in total. The molecule has 37 heavy (non-hydrogen) atoms. The topological polar surface area (TPSA) is 126 Å². The van der Waals surface area contributed by atoms with E-state index in [-0.39, 0.29) is 43.7 Å². The second kappa shape index (κ2) is 12.5. The molecular formula is C26H34N4O5SSe. The number of nitrogens with one attached hydrogen (secondary N) is 2. The molecule has 1 aliphatic carbocycles. The molecule has 0 spiro atoms. The summed E-state index contributed by atoms with van der Waals surface area (Å²) >= 11 is -0.0497. The van der Waals surface area contributed by atoms with Gasteiger partial charge in [0.05, 0.1) is 0 Å². The van der Waals surface area contributed by atoms with Crippen molar-refractivity contribution in [2.75, 3.05) is 6.54 Å². The van der Waals surface area contributed by atoms with E-state index in [1.807, 2.05) is 11.0 Å². The summed E-state index contributed by atoms with van der Waals surface area (Å²) in [4.78, 5) is 45.3. The summed E-state index contributed by atoms with van der Waals surface area (Å²) in [6.45, 7) is 1.42. The number of carbonyl (C=O) groups is 3. The second-order valence-electron chi connectivity index (χ2n) is 9.92. The zero-order valence-electron chi connectivity index (χ0n) is 21.0. The zero-order chi connectivity index (χ0) is 26.4. The molecule has 1 unspecified atom stereocenters. The van der Waals surface area contributed by atoms with Crippen molar-refractivity contribution in [3.8, 4) is 0 Å². The molecule has 200 valence electrons. The van der Waals surface area contributed by atoms with Gasteiger partial charge in [0, 0.05) is 6.20 Å². The third-order valence-electron chi connectivity index (χ3n) is 7.25. The van der Waals surface area contributed by atoms with Gasteiger partial charge in [0.25, 0.3) is 0 Å². The predicted octanol–water partition coefficient (Wildman–Crippen LogP) is 2.13. The number of pyridine rings is 1. The van der Waals surface area contributed by atoms with Crippen LogP contribution in [-0.4, -0.2) is 74.5 Å². The Kier molecular flexibility index (Phi) is 9.34. The van der Waals surface area contributed by atoms with Crippen molar-refractivity contribution >= 4 is 42.1 Å². The molecule has 3 heterocycles. The van der Waals surface area contributed by atoms with Crippen molar-refractivity contribution < 1.29 is 22.8 Å². The van der Waals surface area contributed by atoms with Crippen molar-refractivity contribution in [3.05, 3.63) is 45.9 Å². The summed E-state index contributed by atoms with van der Waals surface area (Å²) in [5, 5.41) is 5.67. The van der Waals surface area contributed by atoms with Gasteiger partial charge < -0.3 is 0 Å². The summed E-state index contributed by atoms with van der Waals surface area (Å²) in [5.41, 5.74) is 0. The molecule has 1 aliphatic heterocycles. The average Bonchev–Trinajstić information content (AvgIpc) is 3.40. The Hall–Kier alpha value is -2.33. The van der Waals surface area contributed by atoms with Gasteiger partial charge >= 0.3 is 195 Å². The van der Waals surface area contributed by atoms with Crippen LogP contribution in [0.3, 0.4) is 0 Å². The van der Waals surface area contributed by atoms with E-state index in [1.54, 1.807) is 25.1 Å². The van der Waals surface area contributed by atoms with Gasteiger partial charge in [-0.2, -0.15) is 0 Å². The molecule has 0 aromatic carbocycles. The summed E-state index contributed by atoms with van der Waals surface area (Å²) in [7, 11) is -3.96. The third kappa shape index (κ3) is 6.96. The van der Waals surface area contributed by atoms with E-state index in [1.165, 1.54) is 23.0 Å². The minimum atomic E-state index is -3.96. The Balaban J connectivity index is 1.46. The van der Waals surface area contributed by atoms with Gasteiger partial charge in [0.15, 0.2) is 0 Å². The predicted molar refractivity (Wildman–Crippen MR) is 140 cm³/mol. The van der Waals surface area contributed by atoms with Crippen LogP contribution < -0.4 is 10.6 Å². The first-order valence-electron chi connectivity index (χ1n) is 12.9. The van der Waals surface area contributed by atoms with E-state index >= 15 is 0 Å². The SMILES string of the molecule is C[C@@H]1CCC(NC(=O)[C@H](CC2CCCCC2)NC(=O)c2ccc[se]2)C(=O)CN1S(=O)(=O)c1ccccn1. The van der Waals surface area contributed by atoms with Gasteiger partial charge in [-0.1, -0.05) is 6.07 Å². The summed E-state index contributed by atoms with van der Waals surface area (Å²) < 4.78 is 28.2. The molecule has 3 atom stereocenters. The number of carbonyl (C=O) groups excluding carboxylic acids is 3. The molecule has 0 radical (unpaired) electrons. The minimum Gasteiger partial charge on any atom is -0.243 e. The molecule has 2 fully saturated rings. The van der Waals surface area contributed by atoms with Crippen molar-refractivity contribution in [3.63, 3.8) is 0 Å². The number of sulfonamides is 1. The fourth-order valence-corrected chi connectivity index (χ4v) is 8.00. The monoisotopic (exact) mass is 594 g/mol. The molecule has 4 rings (SSSR count). The van der Waals surface area contributed by atoms with E-state index in [9.17, 15) is 22.8 Å². The first kappa shape index (κ1) is 27.7. The first-order chi connectivity index (χ1) is 17.8. The molecule has 1 saturated heterocycles. The number of hydrogen-bond donors (Lipinski definition) is 2. The summed E-state index contributed by atoms with van der Waals surface area (Å²) in [6, 6.07) is 6.26. The van der Waals surface area contributed by atoms with Crippen molar-refractivity contribution in [2.24, 2.45) is 5.92 Å². The van der Waals surface area contributed by atoms with Crippen molar-refractivity contribution in [1.29, 1.82) is 0 Å². The molecule has 2 amide bonds. The second-order valence-corrected chi connectivity index (χ2v) is 13.7. The maximum atomic E-state index is 13.4. The molecule has 9 nitrogen and oxygen atoms in total. The molecular weight excluding hydrogens is 559 g/mol. The molecule has 2 aromatic heterocycles. The van der Waals surface area contributed by atoms with E-state index in [0.717, 1.165) is 25.7 Å². The van der Waals surface area contributed by atoms with Gasteiger partial charge in [-0.3, -0.25) is 0 Å². The van der Waals surface area contributed by atoms with Crippen LogP contribution in [0.4, 0.5) is 0 Å². The van der Waals surface area contributed by atoms with E-state index in [4.69, 9.17) is 0 Å². The quantitative estimate of drug-likeness (QED) is 0.452. The first-order valence-corrected chi connectivity index (χ1v) is 16.1. The number of nitrogens with zero attached hydrogens (tertiary/aromatic N) is 2. The number of hydrogen-bond acceptors (Lipinski definition) is 6. The normalized spacial score (nSPS) is 22.7. The standard InChI is InChI=1S/C26H34N4O5SSe/c1-18-12-13-20(22(31)17-30(18)36(34,35)24-11-5-6-14-27-24)28-25(32)21(16-19-8-3-2-4-9-19)29-26(33)23-10-7-15-37-23/h5-7,10-11,14-15,18-21H,2-4,8-9,12-13,16-17H2,1H3,(H,28,32)(H,29,33)/t18-,20?,21+/m1/s1. The fraction of sp³-hybridized carbons (Fsp3) is 0.538. The van der Waals surface area contributed by atoms with Crippen LogP contribution in [-0.2, 0) is 19.6 Å². The third-order valence-corrected chi connectivity index (χ3v) is 11.0. The van der Waals surface area contributed by atoms with Gasteiger partial charge in [-0.05, 0) is 12.1 Å². The van der Waals surface area contributed by atoms with Crippen molar-refractivity contribution in [1.82, 2.24) is 19.9 Å². The molecule has 2 aromatic rings. The van der Waals surface area contributed by atoms with Gasteiger partial charge in [0.1, 0.15) is 0 Å².